The highest BCUT2D eigenvalue weighted by Crippen LogP contribution is 2.41. The zero-order chi connectivity index (χ0) is 37.4. The highest BCUT2D eigenvalue weighted by molar-refractivity contribution is 6.51. The van der Waals surface area contributed by atoms with E-state index >= 15 is 0 Å². The fourth-order valence-corrected chi connectivity index (χ4v) is 8.30. The summed E-state index contributed by atoms with van der Waals surface area (Å²) in [5, 5.41) is 0. The van der Waals surface area contributed by atoms with Crippen molar-refractivity contribution in [2.45, 2.75) is 119 Å². The maximum Gasteiger partial charge on any atom is 0.193 e. The number of rotatable bonds is 12. The highest BCUT2D eigenvalue weighted by Gasteiger charge is 2.32. The van der Waals surface area contributed by atoms with Crippen molar-refractivity contribution < 1.29 is 0 Å². The number of anilines is 3. The van der Waals surface area contributed by atoms with Gasteiger partial charge in [0.05, 0.1) is 20.0 Å². The van der Waals surface area contributed by atoms with Crippen LogP contribution in [0.15, 0.2) is 91.8 Å². The molecule has 6 rings (SSSR count). The van der Waals surface area contributed by atoms with E-state index in [0.717, 1.165) is 20.0 Å². The Bertz CT molecular complexity index is 1520. The van der Waals surface area contributed by atoms with E-state index in [4.69, 9.17) is 0 Å². The van der Waals surface area contributed by atoms with Gasteiger partial charge in [-0.1, -0.05) is 138 Å². The van der Waals surface area contributed by atoms with Gasteiger partial charge in [-0.15, -0.1) is 0 Å². The van der Waals surface area contributed by atoms with Crippen LogP contribution in [0.2, 0.25) is 0 Å². The number of para-hydroxylation sites is 3. The molecule has 0 saturated heterocycles. The molecule has 0 bridgehead atoms. The van der Waals surface area contributed by atoms with Crippen LogP contribution in [0, 0.1) is 0 Å². The quantitative estimate of drug-likeness (QED) is 0.174. The summed E-state index contributed by atoms with van der Waals surface area (Å²) in [7, 11) is -0.0279. The smallest absolute Gasteiger partial charge is 0.193 e. The predicted molar refractivity (Wildman–Crippen MR) is 225 cm³/mol. The van der Waals surface area contributed by atoms with Gasteiger partial charge in [-0.2, -0.15) is 0 Å². The predicted octanol–water partition coefficient (Wildman–Crippen LogP) is 11.5. The first-order valence-electron chi connectivity index (χ1n) is 19.8. The van der Waals surface area contributed by atoms with Crippen LogP contribution in [0.5, 0.6) is 0 Å². The van der Waals surface area contributed by atoms with Crippen molar-refractivity contribution in [1.29, 1.82) is 0 Å². The molecular weight excluding hydrogens is 635 g/mol. The Morgan fingerprint density at radius 3 is 0.750 bits per heavy atom. The molecule has 0 spiro atoms. The third-order valence-electron chi connectivity index (χ3n) is 11.0. The van der Waals surface area contributed by atoms with Crippen LogP contribution in [0.1, 0.15) is 152 Å². The molecule has 0 N–H and O–H groups in total. The van der Waals surface area contributed by atoms with Crippen molar-refractivity contribution in [2.75, 3.05) is 34.7 Å². The maximum atomic E-state index is 2.53. The molecule has 7 heteroatoms. The second-order valence-electron chi connectivity index (χ2n) is 16.9. The second kappa shape index (κ2) is 15.4. The third kappa shape index (κ3) is 7.21. The zero-order valence-electron chi connectivity index (χ0n) is 34.0. The van der Waals surface area contributed by atoms with E-state index in [0.29, 0.717) is 35.5 Å². The van der Waals surface area contributed by atoms with Gasteiger partial charge in [-0.05, 0) is 87.5 Å². The van der Waals surface area contributed by atoms with Crippen molar-refractivity contribution in [3.63, 3.8) is 0 Å². The summed E-state index contributed by atoms with van der Waals surface area (Å²) in [5.74, 6) is 2.61. The Morgan fingerprint density at radius 2 is 0.558 bits per heavy atom. The lowest BCUT2D eigenvalue weighted by Crippen LogP contribution is -2.59. The molecule has 0 amide bonds. The molecule has 0 unspecified atom stereocenters. The van der Waals surface area contributed by atoms with Crippen LogP contribution in [-0.2, 0) is 0 Å². The molecular formula is C45H63BN6-. The summed E-state index contributed by atoms with van der Waals surface area (Å²) in [5.41, 5.74) is 12.5. The molecule has 0 saturated carbocycles. The van der Waals surface area contributed by atoms with Gasteiger partial charge in [-0.3, -0.25) is 0 Å². The van der Waals surface area contributed by atoms with E-state index in [2.05, 4.69) is 204 Å². The number of nitrogens with zero attached hydrogens (tertiary/aromatic N) is 6. The highest BCUT2D eigenvalue weighted by atomic mass is 15.5. The molecule has 3 aliphatic heterocycles. The monoisotopic (exact) mass is 699 g/mol. The number of hydrogen-bond acceptors (Lipinski definition) is 6. The third-order valence-corrected chi connectivity index (χ3v) is 11.0. The Labute approximate surface area is 316 Å². The molecule has 0 aromatic heterocycles. The van der Waals surface area contributed by atoms with Crippen LogP contribution in [0.3, 0.4) is 0 Å². The first-order chi connectivity index (χ1) is 24.8. The summed E-state index contributed by atoms with van der Waals surface area (Å²) < 4.78 is 0. The summed E-state index contributed by atoms with van der Waals surface area (Å²) in [4.78, 5) is 15.0. The van der Waals surface area contributed by atoms with Gasteiger partial charge in [-0.25, -0.2) is 0 Å². The SMILES string of the molecule is CC(C)c1cccc(C(C)C)c1N1C=CN([B-](N2C=CN(c3c(C(C)C)cccc3C(C)C)C2)N2C=CN(c3c(C(C)C)cccc3C(C)C)C2)C1. The Hall–Kier alpha value is -4.26. The molecule has 277 valence electrons. The van der Waals surface area contributed by atoms with Gasteiger partial charge in [0.25, 0.3) is 0 Å². The van der Waals surface area contributed by atoms with Crippen LogP contribution < -0.4 is 14.7 Å². The fourth-order valence-electron chi connectivity index (χ4n) is 8.30. The van der Waals surface area contributed by atoms with Gasteiger partial charge in [0, 0.05) is 35.7 Å². The molecule has 0 aliphatic carbocycles. The average Bonchev–Trinajstić information content (AvgIpc) is 3.90. The Kier molecular flexibility index (Phi) is 11.1. The minimum atomic E-state index is -0.0279. The van der Waals surface area contributed by atoms with Crippen LogP contribution in [0.4, 0.5) is 17.1 Å². The molecule has 3 aliphatic rings. The molecule has 6 nitrogen and oxygen atoms in total. The van der Waals surface area contributed by atoms with Crippen molar-refractivity contribution in [3.8, 4) is 0 Å². The van der Waals surface area contributed by atoms with Crippen molar-refractivity contribution in [2.24, 2.45) is 0 Å². The topological polar surface area (TPSA) is 19.4 Å². The molecule has 1 radical (unpaired) electrons. The fraction of sp³-hybridized carbons (Fsp3) is 0.467. The van der Waals surface area contributed by atoms with E-state index in [1.807, 2.05) is 0 Å². The van der Waals surface area contributed by atoms with E-state index in [-0.39, 0.29) is 7.12 Å². The maximum absolute atomic E-state index is 2.53. The lowest BCUT2D eigenvalue weighted by Gasteiger charge is -2.53. The minimum Gasteiger partial charge on any atom is -0.520 e. The van der Waals surface area contributed by atoms with E-state index < -0.39 is 0 Å². The lowest BCUT2D eigenvalue weighted by molar-refractivity contribution is 0.416. The van der Waals surface area contributed by atoms with Gasteiger partial charge in [0.15, 0.2) is 7.12 Å². The first kappa shape index (κ1) is 37.5. The summed E-state index contributed by atoms with van der Waals surface area (Å²) in [6, 6.07) is 20.6. The van der Waals surface area contributed by atoms with E-state index in [9.17, 15) is 0 Å². The van der Waals surface area contributed by atoms with E-state index in [1.165, 1.54) is 50.4 Å². The molecule has 3 aromatic carbocycles. The van der Waals surface area contributed by atoms with Crippen LogP contribution >= 0.6 is 0 Å². The summed E-state index contributed by atoms with van der Waals surface area (Å²) in [6.45, 7) is 30.1. The second-order valence-corrected chi connectivity index (χ2v) is 16.9. The largest absolute Gasteiger partial charge is 0.520 e. The molecule has 3 aromatic rings. The standard InChI is InChI=1S/C45H63BN6/c1-31(2)37-16-13-17-38(32(3)4)43(37)47-22-25-50(28-47)46(51-26-23-48(29-51)44-39(33(5)6)18-14-19-40(44)34(7)8)52-27-24-49(30-52)45-41(35(9)10)20-15-21-42(45)36(11)12/h13-27,31-36H,28-30H2,1-12H3/q-1. The van der Waals surface area contributed by atoms with Gasteiger partial charge in [0.2, 0.25) is 0 Å². The minimum absolute atomic E-state index is 0.0279. The van der Waals surface area contributed by atoms with Gasteiger partial charge in [0.1, 0.15) is 0 Å². The lowest BCUT2D eigenvalue weighted by atomic mass is 9.85. The number of hydrogen-bond donors (Lipinski definition) is 0. The molecule has 0 atom stereocenters. The number of benzene rings is 3. The first-order valence-corrected chi connectivity index (χ1v) is 19.8. The summed E-state index contributed by atoms with van der Waals surface area (Å²) in [6.07, 6.45) is 13.9. The van der Waals surface area contributed by atoms with Crippen molar-refractivity contribution in [1.82, 2.24) is 14.4 Å². The molecule has 52 heavy (non-hydrogen) atoms. The van der Waals surface area contributed by atoms with Crippen molar-refractivity contribution >= 4 is 24.2 Å². The average molecular weight is 699 g/mol. The molecule has 3 heterocycles. The normalized spacial score (nSPS) is 16.2. The van der Waals surface area contributed by atoms with E-state index in [1.54, 1.807) is 0 Å². The Morgan fingerprint density at radius 1 is 0.346 bits per heavy atom. The summed E-state index contributed by atoms with van der Waals surface area (Å²) >= 11 is 0. The van der Waals surface area contributed by atoms with Gasteiger partial charge < -0.3 is 29.1 Å². The van der Waals surface area contributed by atoms with Crippen LogP contribution in [-0.4, -0.2) is 41.6 Å². The van der Waals surface area contributed by atoms with Gasteiger partial charge >= 0.3 is 0 Å². The molecule has 0 fully saturated rings. The Balaban J connectivity index is 1.37. The zero-order valence-corrected chi connectivity index (χ0v) is 34.0. The van der Waals surface area contributed by atoms with Crippen LogP contribution in [0.25, 0.3) is 0 Å². The van der Waals surface area contributed by atoms with Crippen molar-refractivity contribution in [3.05, 3.63) is 125 Å².